The highest BCUT2D eigenvalue weighted by atomic mass is 16.6. The van der Waals surface area contributed by atoms with Crippen LogP contribution in [0.1, 0.15) is 69.6 Å². The van der Waals surface area contributed by atoms with E-state index < -0.39 is 11.7 Å². The summed E-state index contributed by atoms with van der Waals surface area (Å²) in [4.78, 5) is 25.9. The van der Waals surface area contributed by atoms with E-state index in [0.29, 0.717) is 18.3 Å². The van der Waals surface area contributed by atoms with Gasteiger partial charge in [0.25, 0.3) is 0 Å². The Morgan fingerprint density at radius 2 is 1.49 bits per heavy atom. The van der Waals surface area contributed by atoms with Crippen molar-refractivity contribution in [2.24, 2.45) is 34.5 Å². The molecule has 0 amide bonds. The van der Waals surface area contributed by atoms with Crippen LogP contribution in [0.25, 0.3) is 0 Å². The number of carbonyl (C=O) groups excluding carboxylic acids is 2. The number of hydrogen-bond acceptors (Lipinski definition) is 5. The van der Waals surface area contributed by atoms with Crippen molar-refractivity contribution in [1.29, 1.82) is 0 Å². The number of allylic oxidation sites excluding steroid dienone is 4. The van der Waals surface area contributed by atoms with Crippen molar-refractivity contribution < 1.29 is 24.2 Å². The number of benzene rings is 3. The van der Waals surface area contributed by atoms with Crippen LogP contribution in [0.5, 0.6) is 0 Å². The molecule has 4 aliphatic carbocycles. The highest BCUT2D eigenvalue weighted by Gasteiger charge is 2.64. The molecule has 5 heteroatoms. The van der Waals surface area contributed by atoms with Gasteiger partial charge in [-0.25, -0.2) is 0 Å². The van der Waals surface area contributed by atoms with Gasteiger partial charge in [0.1, 0.15) is 11.7 Å². The van der Waals surface area contributed by atoms with Gasteiger partial charge >= 0.3 is 5.97 Å². The number of rotatable bonds is 8. The number of fused-ring (bicyclic) bond motifs is 5. The predicted octanol–water partition coefficient (Wildman–Crippen LogP) is 7.82. The first-order valence-corrected chi connectivity index (χ1v) is 17.3. The summed E-state index contributed by atoms with van der Waals surface area (Å²) >= 11 is 0. The van der Waals surface area contributed by atoms with Gasteiger partial charge in [-0.1, -0.05) is 123 Å². The summed E-state index contributed by atoms with van der Waals surface area (Å²) < 4.78 is 13.3. The Bertz CT molecular complexity index is 1570. The quantitative estimate of drug-likeness (QED) is 0.203. The zero-order valence-electron chi connectivity index (χ0n) is 27.7. The minimum Gasteiger partial charge on any atom is -0.461 e. The van der Waals surface area contributed by atoms with Crippen LogP contribution in [-0.4, -0.2) is 35.7 Å². The van der Waals surface area contributed by atoms with Crippen LogP contribution in [0.2, 0.25) is 0 Å². The lowest BCUT2D eigenvalue weighted by Gasteiger charge is -2.58. The molecule has 0 saturated heterocycles. The molecule has 5 nitrogen and oxygen atoms in total. The molecule has 47 heavy (non-hydrogen) atoms. The Kier molecular flexibility index (Phi) is 8.34. The molecule has 3 aromatic carbocycles. The van der Waals surface area contributed by atoms with Gasteiger partial charge in [0.15, 0.2) is 5.78 Å². The molecule has 8 unspecified atom stereocenters. The van der Waals surface area contributed by atoms with E-state index in [-0.39, 0.29) is 53.6 Å². The monoisotopic (exact) mass is 630 g/mol. The molecule has 3 aromatic rings. The summed E-state index contributed by atoms with van der Waals surface area (Å²) in [6.07, 6.45) is 8.21. The minimum atomic E-state index is -0.896. The smallest absolute Gasteiger partial charge is 0.308 e. The zero-order valence-corrected chi connectivity index (χ0v) is 27.7. The summed E-state index contributed by atoms with van der Waals surface area (Å²) in [7, 11) is 0. The highest BCUT2D eigenvalue weighted by Crippen LogP contribution is 2.66. The molecule has 0 aliphatic heterocycles. The highest BCUT2D eigenvalue weighted by molar-refractivity contribution is 6.01. The molecule has 0 bridgehead atoms. The standard InChI is InChI=1S/C42H46O5/c1-28-25-35-34-20-19-32-26-33(43)21-23-40(32,2)38(34)36(44)27-41(35,3)39(28)47-37(45)22-24-46-42(29-13-7-4-8-14-29,30-15-9-5-10-16-30)31-17-11-6-12-18-31/h4-18,21,23,26,28,34-36,38-39,44H,19-20,22,24-25,27H2,1-3H3. The molecular weight excluding hydrogens is 584 g/mol. The third kappa shape index (κ3) is 5.32. The summed E-state index contributed by atoms with van der Waals surface area (Å²) in [5.74, 6) is 0.670. The molecule has 0 radical (unpaired) electrons. The second-order valence-corrected chi connectivity index (χ2v) is 14.8. The lowest BCUT2D eigenvalue weighted by Crippen LogP contribution is -2.57. The fraction of sp³-hybridized carbons (Fsp3) is 0.429. The van der Waals surface area contributed by atoms with Crippen LogP contribution in [0, 0.1) is 34.5 Å². The van der Waals surface area contributed by atoms with E-state index in [9.17, 15) is 14.7 Å². The Hall–Kier alpha value is -3.80. The van der Waals surface area contributed by atoms with Gasteiger partial charge in [-0.3, -0.25) is 9.59 Å². The van der Waals surface area contributed by atoms with Crippen LogP contribution < -0.4 is 0 Å². The Balaban J connectivity index is 1.10. The van der Waals surface area contributed by atoms with Crippen LogP contribution in [0.4, 0.5) is 0 Å². The molecule has 244 valence electrons. The van der Waals surface area contributed by atoms with Crippen molar-refractivity contribution in [3.05, 3.63) is 131 Å². The van der Waals surface area contributed by atoms with E-state index in [2.05, 4.69) is 57.2 Å². The Morgan fingerprint density at radius 3 is 2.06 bits per heavy atom. The third-order valence-electron chi connectivity index (χ3n) is 12.1. The van der Waals surface area contributed by atoms with Crippen molar-refractivity contribution >= 4 is 11.8 Å². The number of ether oxygens (including phenoxy) is 2. The Labute approximate surface area is 278 Å². The van der Waals surface area contributed by atoms with Gasteiger partial charge in [-0.05, 0) is 72.3 Å². The molecule has 7 rings (SSSR count). The lowest BCUT2D eigenvalue weighted by atomic mass is 9.47. The van der Waals surface area contributed by atoms with E-state index in [4.69, 9.17) is 9.47 Å². The summed E-state index contributed by atoms with van der Waals surface area (Å²) in [5.41, 5.74) is 2.61. The summed E-state index contributed by atoms with van der Waals surface area (Å²) in [6, 6.07) is 30.6. The minimum absolute atomic E-state index is 0.0463. The summed E-state index contributed by atoms with van der Waals surface area (Å²) in [6.45, 7) is 6.80. The first-order valence-electron chi connectivity index (χ1n) is 17.3. The molecule has 1 N–H and O–H groups in total. The maximum Gasteiger partial charge on any atom is 0.308 e. The van der Waals surface area contributed by atoms with Crippen LogP contribution in [0.15, 0.2) is 115 Å². The first-order chi connectivity index (χ1) is 22.7. The molecule has 8 atom stereocenters. The average molecular weight is 631 g/mol. The van der Waals surface area contributed by atoms with E-state index in [1.807, 2.05) is 60.7 Å². The van der Waals surface area contributed by atoms with E-state index in [1.54, 1.807) is 12.2 Å². The van der Waals surface area contributed by atoms with E-state index in [1.165, 1.54) is 0 Å². The molecule has 0 spiro atoms. The fourth-order valence-corrected chi connectivity index (χ4v) is 10.2. The van der Waals surface area contributed by atoms with Crippen LogP contribution in [0.3, 0.4) is 0 Å². The number of aliphatic hydroxyl groups is 1. The normalized spacial score (nSPS) is 32.9. The lowest BCUT2D eigenvalue weighted by molar-refractivity contribution is -0.172. The maximum absolute atomic E-state index is 13.7. The van der Waals surface area contributed by atoms with Crippen LogP contribution in [-0.2, 0) is 24.7 Å². The van der Waals surface area contributed by atoms with E-state index in [0.717, 1.165) is 41.5 Å². The van der Waals surface area contributed by atoms with E-state index >= 15 is 0 Å². The van der Waals surface area contributed by atoms with Crippen molar-refractivity contribution in [1.82, 2.24) is 0 Å². The molecule has 3 fully saturated rings. The van der Waals surface area contributed by atoms with Crippen molar-refractivity contribution in [3.8, 4) is 0 Å². The molecule has 0 heterocycles. The molecular formula is C42H46O5. The topological polar surface area (TPSA) is 72.8 Å². The summed E-state index contributed by atoms with van der Waals surface area (Å²) in [5, 5.41) is 11.8. The van der Waals surface area contributed by atoms with Crippen LogP contribution >= 0.6 is 0 Å². The van der Waals surface area contributed by atoms with Gasteiger partial charge in [-0.2, -0.15) is 0 Å². The zero-order chi connectivity index (χ0) is 32.8. The van der Waals surface area contributed by atoms with Crippen molar-refractivity contribution in [2.75, 3.05) is 6.61 Å². The number of esters is 1. The fourth-order valence-electron chi connectivity index (χ4n) is 10.2. The van der Waals surface area contributed by atoms with Crippen molar-refractivity contribution in [2.45, 2.75) is 70.7 Å². The number of aliphatic hydroxyl groups excluding tert-OH is 1. The van der Waals surface area contributed by atoms with Gasteiger partial charge in [0, 0.05) is 16.7 Å². The van der Waals surface area contributed by atoms with Gasteiger partial charge in [0.05, 0.1) is 19.1 Å². The first kappa shape index (κ1) is 31.8. The number of hydrogen-bond donors (Lipinski definition) is 1. The molecule has 0 aromatic heterocycles. The van der Waals surface area contributed by atoms with Gasteiger partial charge in [0.2, 0.25) is 0 Å². The van der Waals surface area contributed by atoms with Crippen molar-refractivity contribution in [3.63, 3.8) is 0 Å². The Morgan fingerprint density at radius 1 is 0.915 bits per heavy atom. The second kappa shape index (κ2) is 12.3. The molecule has 3 saturated carbocycles. The third-order valence-corrected chi connectivity index (χ3v) is 12.1. The van der Waals surface area contributed by atoms with Gasteiger partial charge in [-0.15, -0.1) is 0 Å². The average Bonchev–Trinajstić information content (AvgIpc) is 3.33. The second-order valence-electron chi connectivity index (χ2n) is 14.8. The number of carbonyl (C=O) groups is 2. The molecule has 4 aliphatic rings. The predicted molar refractivity (Wildman–Crippen MR) is 182 cm³/mol. The maximum atomic E-state index is 13.7. The number of ketones is 1. The SMILES string of the molecule is CC1CC2C3CCC4=CC(=O)C=CC4(C)C3C(O)CC2(C)C1OC(=O)CCOC(c1ccccc1)(c1ccccc1)c1ccccc1. The largest absolute Gasteiger partial charge is 0.461 e. The van der Waals surface area contributed by atoms with Gasteiger partial charge < -0.3 is 14.6 Å².